The Labute approximate surface area is 178 Å². The Morgan fingerprint density at radius 3 is 2.60 bits per heavy atom. The molecule has 1 heterocycles. The Hall–Kier alpha value is -3.14. The van der Waals surface area contributed by atoms with Crippen LogP contribution in [0.5, 0.6) is 5.75 Å². The second kappa shape index (κ2) is 9.57. The average molecular weight is 401 g/mol. The maximum absolute atomic E-state index is 12.4. The third kappa shape index (κ3) is 4.88. The molecule has 4 nitrogen and oxygen atoms in total. The quantitative estimate of drug-likeness (QED) is 0.504. The average Bonchev–Trinajstić information content (AvgIpc) is 3.32. The van der Waals surface area contributed by atoms with Gasteiger partial charge in [0.1, 0.15) is 5.75 Å². The fourth-order valence-corrected chi connectivity index (χ4v) is 4.22. The van der Waals surface area contributed by atoms with Crippen molar-refractivity contribution in [3.8, 4) is 28.3 Å². The maximum Gasteiger partial charge on any atom is 0.224 e. The van der Waals surface area contributed by atoms with Crippen molar-refractivity contribution in [2.75, 3.05) is 12.4 Å². The first kappa shape index (κ1) is 20.1. The minimum Gasteiger partial charge on any atom is -0.496 e. The van der Waals surface area contributed by atoms with Crippen molar-refractivity contribution < 1.29 is 9.53 Å². The summed E-state index contributed by atoms with van der Waals surface area (Å²) in [4.78, 5) is 17.2. The highest BCUT2D eigenvalue weighted by Crippen LogP contribution is 2.31. The number of nitrogens with one attached hydrogen (secondary N) is 1. The van der Waals surface area contributed by atoms with Crippen LogP contribution in [-0.4, -0.2) is 18.0 Å². The molecule has 1 fully saturated rings. The summed E-state index contributed by atoms with van der Waals surface area (Å²) in [6, 6.07) is 21.7. The summed E-state index contributed by atoms with van der Waals surface area (Å²) >= 11 is 0. The first-order valence-corrected chi connectivity index (χ1v) is 10.7. The summed E-state index contributed by atoms with van der Waals surface area (Å²) in [6.07, 6.45) is 6.77. The highest BCUT2D eigenvalue weighted by atomic mass is 16.5. The topological polar surface area (TPSA) is 51.2 Å². The standard InChI is InChI=1S/C26H28N2O2/c1-30-25-15-5-4-12-22(25)24-14-7-13-23(28-24)20-10-6-11-21(18-20)27-26(29)17-16-19-8-2-3-9-19/h4-7,10-15,18-19H,2-3,8-9,16-17H2,1H3,(H,27,29). The van der Waals surface area contributed by atoms with Gasteiger partial charge in [-0.2, -0.15) is 0 Å². The number of aromatic nitrogens is 1. The lowest BCUT2D eigenvalue weighted by molar-refractivity contribution is -0.116. The van der Waals surface area contributed by atoms with Crippen molar-refractivity contribution in [1.82, 2.24) is 4.98 Å². The normalized spacial score (nSPS) is 13.9. The Morgan fingerprint density at radius 1 is 1.00 bits per heavy atom. The van der Waals surface area contributed by atoms with Gasteiger partial charge in [0.2, 0.25) is 5.91 Å². The number of nitrogens with zero attached hydrogens (tertiary/aromatic N) is 1. The highest BCUT2D eigenvalue weighted by molar-refractivity contribution is 5.91. The van der Waals surface area contributed by atoms with Crippen molar-refractivity contribution in [2.24, 2.45) is 5.92 Å². The maximum atomic E-state index is 12.4. The van der Waals surface area contributed by atoms with E-state index in [1.165, 1.54) is 25.7 Å². The highest BCUT2D eigenvalue weighted by Gasteiger charge is 2.16. The Morgan fingerprint density at radius 2 is 1.77 bits per heavy atom. The summed E-state index contributed by atoms with van der Waals surface area (Å²) in [5, 5.41) is 3.05. The van der Waals surface area contributed by atoms with Crippen LogP contribution in [0.4, 0.5) is 5.69 Å². The minimum atomic E-state index is 0.0924. The predicted octanol–water partition coefficient (Wildman–Crippen LogP) is 6.33. The summed E-state index contributed by atoms with van der Waals surface area (Å²) in [6.45, 7) is 0. The molecule has 1 aliphatic carbocycles. The lowest BCUT2D eigenvalue weighted by Gasteiger charge is -2.11. The van der Waals surface area contributed by atoms with Gasteiger partial charge in [-0.05, 0) is 48.7 Å². The van der Waals surface area contributed by atoms with Gasteiger partial charge in [0, 0.05) is 23.2 Å². The molecule has 0 spiro atoms. The van der Waals surface area contributed by atoms with E-state index in [0.717, 1.165) is 46.3 Å². The van der Waals surface area contributed by atoms with Crippen LogP contribution in [-0.2, 0) is 4.79 Å². The zero-order valence-corrected chi connectivity index (χ0v) is 17.4. The molecule has 4 heteroatoms. The number of carbonyl (C=O) groups is 1. The van der Waals surface area contributed by atoms with Gasteiger partial charge in [0.05, 0.1) is 18.5 Å². The van der Waals surface area contributed by atoms with Crippen molar-refractivity contribution >= 4 is 11.6 Å². The van der Waals surface area contributed by atoms with Gasteiger partial charge >= 0.3 is 0 Å². The fourth-order valence-electron chi connectivity index (χ4n) is 4.22. The zero-order chi connectivity index (χ0) is 20.8. The van der Waals surface area contributed by atoms with Crippen LogP contribution in [0.25, 0.3) is 22.5 Å². The van der Waals surface area contributed by atoms with E-state index in [1.807, 2.05) is 66.7 Å². The molecule has 0 radical (unpaired) electrons. The number of pyridine rings is 1. The fraction of sp³-hybridized carbons (Fsp3) is 0.308. The first-order valence-electron chi connectivity index (χ1n) is 10.7. The summed E-state index contributed by atoms with van der Waals surface area (Å²) in [5.74, 6) is 1.62. The molecule has 0 saturated heterocycles. The number of para-hydroxylation sites is 1. The number of carbonyl (C=O) groups excluding carboxylic acids is 1. The molecule has 1 aliphatic rings. The summed E-state index contributed by atoms with van der Waals surface area (Å²) < 4.78 is 5.48. The molecule has 1 aromatic heterocycles. The largest absolute Gasteiger partial charge is 0.496 e. The lowest BCUT2D eigenvalue weighted by atomic mass is 10.0. The van der Waals surface area contributed by atoms with Gasteiger partial charge in [-0.1, -0.05) is 56.0 Å². The van der Waals surface area contributed by atoms with Gasteiger partial charge in [-0.15, -0.1) is 0 Å². The molecule has 0 aliphatic heterocycles. The van der Waals surface area contributed by atoms with E-state index >= 15 is 0 Å². The smallest absolute Gasteiger partial charge is 0.224 e. The van der Waals surface area contributed by atoms with Gasteiger partial charge in [0.25, 0.3) is 0 Å². The van der Waals surface area contributed by atoms with Gasteiger partial charge in [-0.25, -0.2) is 4.98 Å². The zero-order valence-electron chi connectivity index (χ0n) is 17.4. The van der Waals surface area contributed by atoms with E-state index in [4.69, 9.17) is 9.72 Å². The molecule has 0 unspecified atom stereocenters. The number of methoxy groups -OCH3 is 1. The second-order valence-corrected chi connectivity index (χ2v) is 7.93. The van der Waals surface area contributed by atoms with Gasteiger partial charge < -0.3 is 10.1 Å². The van der Waals surface area contributed by atoms with E-state index in [-0.39, 0.29) is 5.91 Å². The number of amides is 1. The number of rotatable bonds is 7. The third-order valence-electron chi connectivity index (χ3n) is 5.83. The number of ether oxygens (including phenoxy) is 1. The molecule has 0 atom stereocenters. The van der Waals surface area contributed by atoms with Gasteiger partial charge in [-0.3, -0.25) is 4.79 Å². The van der Waals surface area contributed by atoms with Crippen LogP contribution in [0.1, 0.15) is 38.5 Å². The lowest BCUT2D eigenvalue weighted by Crippen LogP contribution is -2.12. The molecule has 3 aromatic rings. The van der Waals surface area contributed by atoms with E-state index in [0.29, 0.717) is 6.42 Å². The SMILES string of the molecule is COc1ccccc1-c1cccc(-c2cccc(NC(=O)CCC3CCCC3)c2)n1. The van der Waals surface area contributed by atoms with Gasteiger partial charge in [0.15, 0.2) is 0 Å². The van der Waals surface area contributed by atoms with Crippen LogP contribution in [0.15, 0.2) is 66.7 Å². The molecule has 4 rings (SSSR count). The molecule has 2 aromatic carbocycles. The first-order chi connectivity index (χ1) is 14.7. The summed E-state index contributed by atoms with van der Waals surface area (Å²) in [5.41, 5.74) is 4.46. The Bertz CT molecular complexity index is 1010. The van der Waals surface area contributed by atoms with Crippen LogP contribution in [0.2, 0.25) is 0 Å². The van der Waals surface area contributed by atoms with Crippen molar-refractivity contribution in [1.29, 1.82) is 0 Å². The minimum absolute atomic E-state index is 0.0924. The Balaban J connectivity index is 1.49. The number of anilines is 1. The van der Waals surface area contributed by atoms with E-state index in [1.54, 1.807) is 7.11 Å². The van der Waals surface area contributed by atoms with Crippen molar-refractivity contribution in [2.45, 2.75) is 38.5 Å². The molecule has 1 amide bonds. The Kier molecular flexibility index (Phi) is 6.43. The van der Waals surface area contributed by atoms with Crippen molar-refractivity contribution in [3.05, 3.63) is 66.7 Å². The molecule has 154 valence electrons. The number of hydrogen-bond acceptors (Lipinski definition) is 3. The number of hydrogen-bond donors (Lipinski definition) is 1. The predicted molar refractivity (Wildman–Crippen MR) is 121 cm³/mol. The third-order valence-corrected chi connectivity index (χ3v) is 5.83. The van der Waals surface area contributed by atoms with E-state index < -0.39 is 0 Å². The van der Waals surface area contributed by atoms with Crippen LogP contribution < -0.4 is 10.1 Å². The van der Waals surface area contributed by atoms with Crippen LogP contribution in [0.3, 0.4) is 0 Å². The second-order valence-electron chi connectivity index (χ2n) is 7.93. The molecule has 1 saturated carbocycles. The molecular weight excluding hydrogens is 372 g/mol. The van der Waals surface area contributed by atoms with E-state index in [2.05, 4.69) is 5.32 Å². The van der Waals surface area contributed by atoms with Crippen LogP contribution in [0, 0.1) is 5.92 Å². The molecular formula is C26H28N2O2. The summed E-state index contributed by atoms with van der Waals surface area (Å²) in [7, 11) is 1.67. The molecule has 0 bridgehead atoms. The molecule has 1 N–H and O–H groups in total. The molecule has 30 heavy (non-hydrogen) atoms. The van der Waals surface area contributed by atoms with E-state index in [9.17, 15) is 4.79 Å². The number of benzene rings is 2. The monoisotopic (exact) mass is 400 g/mol. The van der Waals surface area contributed by atoms with Crippen molar-refractivity contribution in [3.63, 3.8) is 0 Å². The van der Waals surface area contributed by atoms with Crippen LogP contribution >= 0.6 is 0 Å².